The molecular weight excluding hydrogens is 282 g/mol. The highest BCUT2D eigenvalue weighted by Gasteiger charge is 2.23. The smallest absolute Gasteiger partial charge is 0.246 e. The average molecular weight is 299 g/mol. The molecule has 0 aliphatic heterocycles. The SMILES string of the molecule is C[C@@H](C(=O)N(Cc1ccco1)Cc1ccco1)n1ccnc1. The van der Waals surface area contributed by atoms with Crippen molar-refractivity contribution in [2.45, 2.75) is 26.1 Å². The minimum Gasteiger partial charge on any atom is -0.467 e. The molecule has 3 aromatic heterocycles. The van der Waals surface area contributed by atoms with Crippen LogP contribution in [-0.2, 0) is 17.9 Å². The molecule has 0 unspecified atom stereocenters. The molecule has 0 aromatic carbocycles. The van der Waals surface area contributed by atoms with Gasteiger partial charge in [-0.15, -0.1) is 0 Å². The van der Waals surface area contributed by atoms with Crippen LogP contribution in [0.2, 0.25) is 0 Å². The molecule has 3 rings (SSSR count). The van der Waals surface area contributed by atoms with Gasteiger partial charge in [0.2, 0.25) is 5.91 Å². The number of carbonyl (C=O) groups excluding carboxylic acids is 1. The highest BCUT2D eigenvalue weighted by Crippen LogP contribution is 2.16. The van der Waals surface area contributed by atoms with Crippen molar-refractivity contribution in [3.63, 3.8) is 0 Å². The second-order valence-corrected chi connectivity index (χ2v) is 5.04. The maximum atomic E-state index is 12.8. The maximum Gasteiger partial charge on any atom is 0.246 e. The fourth-order valence-electron chi connectivity index (χ4n) is 2.28. The number of imidazole rings is 1. The van der Waals surface area contributed by atoms with Crippen molar-refractivity contribution in [1.29, 1.82) is 0 Å². The lowest BCUT2D eigenvalue weighted by Gasteiger charge is -2.24. The van der Waals surface area contributed by atoms with Gasteiger partial charge in [-0.3, -0.25) is 4.79 Å². The van der Waals surface area contributed by atoms with Crippen LogP contribution in [0.5, 0.6) is 0 Å². The average Bonchev–Trinajstić information content (AvgIpc) is 3.27. The molecule has 0 N–H and O–H groups in total. The van der Waals surface area contributed by atoms with E-state index in [1.807, 2.05) is 31.2 Å². The molecule has 0 aliphatic rings. The van der Waals surface area contributed by atoms with Crippen molar-refractivity contribution >= 4 is 5.91 Å². The molecule has 6 nitrogen and oxygen atoms in total. The molecule has 0 bridgehead atoms. The summed E-state index contributed by atoms with van der Waals surface area (Å²) in [5.74, 6) is 1.45. The van der Waals surface area contributed by atoms with Gasteiger partial charge in [-0.1, -0.05) is 0 Å². The van der Waals surface area contributed by atoms with Gasteiger partial charge in [-0.2, -0.15) is 0 Å². The van der Waals surface area contributed by atoms with Crippen LogP contribution in [-0.4, -0.2) is 20.4 Å². The van der Waals surface area contributed by atoms with Crippen molar-refractivity contribution < 1.29 is 13.6 Å². The van der Waals surface area contributed by atoms with Crippen LogP contribution in [0.15, 0.2) is 64.3 Å². The molecule has 3 heterocycles. The van der Waals surface area contributed by atoms with Crippen LogP contribution in [0.4, 0.5) is 0 Å². The largest absolute Gasteiger partial charge is 0.467 e. The number of nitrogens with zero attached hydrogens (tertiary/aromatic N) is 3. The number of amides is 1. The fraction of sp³-hybridized carbons (Fsp3) is 0.250. The number of hydrogen-bond acceptors (Lipinski definition) is 4. The Balaban J connectivity index is 1.78. The molecule has 22 heavy (non-hydrogen) atoms. The van der Waals surface area contributed by atoms with Crippen molar-refractivity contribution in [3.05, 3.63) is 67.0 Å². The van der Waals surface area contributed by atoms with Crippen LogP contribution >= 0.6 is 0 Å². The Hall–Kier alpha value is -2.76. The van der Waals surface area contributed by atoms with E-state index in [4.69, 9.17) is 8.83 Å². The Morgan fingerprint density at radius 2 is 1.86 bits per heavy atom. The lowest BCUT2D eigenvalue weighted by atomic mass is 10.2. The molecule has 3 aromatic rings. The summed E-state index contributed by atoms with van der Waals surface area (Å²) >= 11 is 0. The highest BCUT2D eigenvalue weighted by molar-refractivity contribution is 5.80. The minimum absolute atomic E-state index is 0.0224. The van der Waals surface area contributed by atoms with E-state index in [-0.39, 0.29) is 11.9 Å². The summed E-state index contributed by atoms with van der Waals surface area (Å²) in [5.41, 5.74) is 0. The molecular formula is C16H17N3O3. The number of hydrogen-bond donors (Lipinski definition) is 0. The summed E-state index contributed by atoms with van der Waals surface area (Å²) in [6.45, 7) is 2.64. The molecule has 0 aliphatic carbocycles. The van der Waals surface area contributed by atoms with Gasteiger partial charge in [0.25, 0.3) is 0 Å². The van der Waals surface area contributed by atoms with E-state index >= 15 is 0 Å². The van der Waals surface area contributed by atoms with Gasteiger partial charge in [0.1, 0.15) is 17.6 Å². The van der Waals surface area contributed by atoms with Crippen LogP contribution < -0.4 is 0 Å². The Morgan fingerprint density at radius 3 is 2.32 bits per heavy atom. The summed E-state index contributed by atoms with van der Waals surface area (Å²) in [6, 6.07) is 6.98. The van der Waals surface area contributed by atoms with Crippen LogP contribution in [0, 0.1) is 0 Å². The van der Waals surface area contributed by atoms with E-state index in [0.717, 1.165) is 11.5 Å². The van der Waals surface area contributed by atoms with Gasteiger partial charge in [-0.05, 0) is 31.2 Å². The number of rotatable bonds is 6. The Labute approximate surface area is 128 Å². The third-order valence-electron chi connectivity index (χ3n) is 3.49. The van der Waals surface area contributed by atoms with E-state index < -0.39 is 0 Å². The number of furan rings is 2. The van der Waals surface area contributed by atoms with Gasteiger partial charge in [0.05, 0.1) is 31.9 Å². The van der Waals surface area contributed by atoms with Gasteiger partial charge in [-0.25, -0.2) is 4.98 Å². The van der Waals surface area contributed by atoms with E-state index in [0.29, 0.717) is 13.1 Å². The standard InChI is InChI=1S/C16H17N3O3/c1-13(18-7-6-17-12-18)16(20)19(10-14-4-2-8-21-14)11-15-5-3-9-22-15/h2-9,12-13H,10-11H2,1H3/t13-/m0/s1. The quantitative estimate of drug-likeness (QED) is 0.702. The molecule has 0 radical (unpaired) electrons. The van der Waals surface area contributed by atoms with E-state index in [1.165, 1.54) is 0 Å². The zero-order valence-corrected chi connectivity index (χ0v) is 12.3. The summed E-state index contributed by atoms with van der Waals surface area (Å²) in [6.07, 6.45) is 8.28. The van der Waals surface area contributed by atoms with Gasteiger partial charge < -0.3 is 18.3 Å². The second-order valence-electron chi connectivity index (χ2n) is 5.04. The highest BCUT2D eigenvalue weighted by atomic mass is 16.3. The third kappa shape index (κ3) is 3.11. The molecule has 0 spiro atoms. The first-order valence-corrected chi connectivity index (χ1v) is 7.05. The monoisotopic (exact) mass is 299 g/mol. The van der Waals surface area contributed by atoms with E-state index in [2.05, 4.69) is 4.98 Å². The first-order chi connectivity index (χ1) is 10.7. The van der Waals surface area contributed by atoms with Gasteiger partial charge in [0, 0.05) is 12.4 Å². The van der Waals surface area contributed by atoms with Crippen molar-refractivity contribution in [1.82, 2.24) is 14.5 Å². The summed E-state index contributed by atoms with van der Waals surface area (Å²) in [7, 11) is 0. The van der Waals surface area contributed by atoms with Crippen molar-refractivity contribution in [3.8, 4) is 0 Å². The Bertz CT molecular complexity index is 651. The van der Waals surface area contributed by atoms with Crippen LogP contribution in [0.1, 0.15) is 24.5 Å². The van der Waals surface area contributed by atoms with Gasteiger partial charge in [0.15, 0.2) is 0 Å². The lowest BCUT2D eigenvalue weighted by molar-refractivity contribution is -0.136. The predicted octanol–water partition coefficient (Wildman–Crippen LogP) is 2.86. The molecule has 1 amide bonds. The molecule has 0 saturated heterocycles. The molecule has 114 valence electrons. The zero-order chi connectivity index (χ0) is 15.4. The minimum atomic E-state index is -0.340. The molecule has 0 saturated carbocycles. The van der Waals surface area contributed by atoms with E-state index in [9.17, 15) is 4.79 Å². The van der Waals surface area contributed by atoms with Crippen molar-refractivity contribution in [2.75, 3.05) is 0 Å². The predicted molar refractivity (Wildman–Crippen MR) is 78.6 cm³/mol. The number of aromatic nitrogens is 2. The summed E-state index contributed by atoms with van der Waals surface area (Å²) < 4.78 is 12.5. The molecule has 0 fully saturated rings. The second kappa shape index (κ2) is 6.34. The summed E-state index contributed by atoms with van der Waals surface area (Å²) in [4.78, 5) is 18.5. The lowest BCUT2D eigenvalue weighted by Crippen LogP contribution is -2.35. The first kappa shape index (κ1) is 14.2. The Morgan fingerprint density at radius 1 is 1.23 bits per heavy atom. The number of carbonyl (C=O) groups is 1. The maximum absolute atomic E-state index is 12.8. The molecule has 1 atom stereocenters. The summed E-state index contributed by atoms with van der Waals surface area (Å²) in [5, 5.41) is 0. The van der Waals surface area contributed by atoms with Crippen LogP contribution in [0.25, 0.3) is 0 Å². The van der Waals surface area contributed by atoms with E-state index in [1.54, 1.807) is 40.7 Å². The van der Waals surface area contributed by atoms with Crippen molar-refractivity contribution in [2.24, 2.45) is 0 Å². The molecule has 6 heteroatoms. The fourth-order valence-corrected chi connectivity index (χ4v) is 2.28. The first-order valence-electron chi connectivity index (χ1n) is 7.05. The normalized spacial score (nSPS) is 12.2. The Kier molecular flexibility index (Phi) is 4.09. The zero-order valence-electron chi connectivity index (χ0n) is 12.3. The van der Waals surface area contributed by atoms with Crippen LogP contribution in [0.3, 0.4) is 0 Å². The third-order valence-corrected chi connectivity index (χ3v) is 3.49. The topological polar surface area (TPSA) is 64.4 Å². The van der Waals surface area contributed by atoms with Gasteiger partial charge >= 0.3 is 0 Å².